The number of benzene rings is 1. The van der Waals surface area contributed by atoms with Crippen LogP contribution in [0.4, 0.5) is 0 Å². The lowest BCUT2D eigenvalue weighted by Gasteiger charge is -2.24. The van der Waals surface area contributed by atoms with E-state index in [4.69, 9.17) is 4.42 Å². The molecule has 1 aliphatic carbocycles. The van der Waals surface area contributed by atoms with Crippen LogP contribution in [-0.4, -0.2) is 0 Å². The Hall–Kier alpha value is -1.24. The normalized spacial score (nSPS) is 20.1. The molecule has 0 N–H and O–H groups in total. The lowest BCUT2D eigenvalue weighted by Crippen LogP contribution is -2.13. The van der Waals surface area contributed by atoms with E-state index >= 15 is 0 Å². The second-order valence-corrected chi connectivity index (χ2v) is 5.29. The van der Waals surface area contributed by atoms with Gasteiger partial charge in [-0.25, -0.2) is 0 Å². The number of aryl methyl sites for hydroxylation is 2. The van der Waals surface area contributed by atoms with Gasteiger partial charge in [0.05, 0.1) is 6.26 Å². The van der Waals surface area contributed by atoms with Gasteiger partial charge in [-0.1, -0.05) is 6.92 Å². The molecule has 1 aromatic carbocycles. The molecule has 1 heterocycles. The predicted octanol–water partition coefficient (Wildman–Crippen LogP) is 4.17. The van der Waals surface area contributed by atoms with E-state index in [1.54, 1.807) is 11.1 Å². The first kappa shape index (κ1) is 9.95. The largest absolute Gasteiger partial charge is 0.464 e. The smallest absolute Gasteiger partial charge is 0.134 e. The predicted molar refractivity (Wildman–Crippen MR) is 66.9 cm³/mol. The summed E-state index contributed by atoms with van der Waals surface area (Å²) in [7, 11) is 0. The lowest BCUT2D eigenvalue weighted by molar-refractivity contribution is 0.502. The van der Waals surface area contributed by atoms with Crippen LogP contribution in [0.25, 0.3) is 11.0 Å². The third-order valence-electron chi connectivity index (χ3n) is 3.93. The van der Waals surface area contributed by atoms with Crippen LogP contribution in [0.5, 0.6) is 0 Å². The van der Waals surface area contributed by atoms with Crippen molar-refractivity contribution >= 4 is 11.0 Å². The molecule has 0 radical (unpaired) electrons. The van der Waals surface area contributed by atoms with Crippen LogP contribution in [0.2, 0.25) is 0 Å². The fourth-order valence-electron chi connectivity index (χ4n) is 3.04. The minimum absolute atomic E-state index is 0.812. The Morgan fingerprint density at radius 1 is 1.19 bits per heavy atom. The topological polar surface area (TPSA) is 13.1 Å². The van der Waals surface area contributed by atoms with Crippen molar-refractivity contribution < 1.29 is 4.42 Å². The van der Waals surface area contributed by atoms with E-state index < -0.39 is 0 Å². The summed E-state index contributed by atoms with van der Waals surface area (Å²) < 4.78 is 5.63. The molecule has 0 saturated carbocycles. The average Bonchev–Trinajstić information content (AvgIpc) is 2.60. The summed E-state index contributed by atoms with van der Waals surface area (Å²) in [6.07, 6.45) is 5.68. The molecule has 3 rings (SSSR count). The number of furan rings is 1. The molecule has 0 unspecified atom stereocenters. The number of rotatable bonds is 0. The summed E-state index contributed by atoms with van der Waals surface area (Å²) in [6.45, 7) is 6.72. The molecule has 0 fully saturated rings. The van der Waals surface area contributed by atoms with Crippen LogP contribution in [0.1, 0.15) is 35.6 Å². The van der Waals surface area contributed by atoms with E-state index in [1.807, 2.05) is 6.26 Å². The standard InChI is InChI=1S/C15H18O/c1-9-4-5-12-10(2)7-14-15(13(12)6-9)11(3)8-16-14/h7-9H,4-6H2,1-3H3/t9-/m1/s1. The van der Waals surface area contributed by atoms with Gasteiger partial charge in [-0.05, 0) is 67.3 Å². The van der Waals surface area contributed by atoms with Gasteiger partial charge in [-0.15, -0.1) is 0 Å². The molecule has 1 atom stereocenters. The summed E-state index contributed by atoms with van der Waals surface area (Å²) in [6, 6.07) is 2.21. The first-order valence-electron chi connectivity index (χ1n) is 6.16. The van der Waals surface area contributed by atoms with Gasteiger partial charge in [0.2, 0.25) is 0 Å². The van der Waals surface area contributed by atoms with Crippen molar-refractivity contribution in [2.24, 2.45) is 5.92 Å². The van der Waals surface area contributed by atoms with Crippen LogP contribution in [0, 0.1) is 19.8 Å². The fourth-order valence-corrected chi connectivity index (χ4v) is 3.04. The molecule has 0 spiro atoms. The molecule has 0 saturated heterocycles. The second kappa shape index (κ2) is 3.38. The molecule has 2 aromatic rings. The summed E-state index contributed by atoms with van der Waals surface area (Å²) >= 11 is 0. The van der Waals surface area contributed by atoms with Crippen LogP contribution >= 0.6 is 0 Å². The third kappa shape index (κ3) is 1.31. The van der Waals surface area contributed by atoms with Crippen molar-refractivity contribution in [3.8, 4) is 0 Å². The molecule has 0 amide bonds. The zero-order valence-corrected chi connectivity index (χ0v) is 10.3. The zero-order valence-electron chi connectivity index (χ0n) is 10.3. The minimum atomic E-state index is 0.812. The number of fused-ring (bicyclic) bond motifs is 3. The van der Waals surface area contributed by atoms with E-state index in [9.17, 15) is 0 Å². The lowest BCUT2D eigenvalue weighted by atomic mass is 9.81. The monoisotopic (exact) mass is 214 g/mol. The molecule has 0 aliphatic heterocycles. The molecule has 1 aromatic heterocycles. The van der Waals surface area contributed by atoms with Crippen molar-refractivity contribution in [1.29, 1.82) is 0 Å². The Bertz CT molecular complexity index is 548. The Balaban J connectivity index is 2.36. The van der Waals surface area contributed by atoms with Gasteiger partial charge in [-0.2, -0.15) is 0 Å². The van der Waals surface area contributed by atoms with Crippen LogP contribution in [-0.2, 0) is 12.8 Å². The zero-order chi connectivity index (χ0) is 11.3. The Kier molecular flexibility index (Phi) is 2.10. The van der Waals surface area contributed by atoms with Gasteiger partial charge in [-0.3, -0.25) is 0 Å². The van der Waals surface area contributed by atoms with Gasteiger partial charge >= 0.3 is 0 Å². The summed E-state index contributed by atoms with van der Waals surface area (Å²) in [5.74, 6) is 0.812. The van der Waals surface area contributed by atoms with Crippen molar-refractivity contribution in [2.75, 3.05) is 0 Å². The highest BCUT2D eigenvalue weighted by Gasteiger charge is 2.21. The Labute approximate surface area is 96.5 Å². The first-order valence-corrected chi connectivity index (χ1v) is 6.16. The van der Waals surface area contributed by atoms with Gasteiger partial charge in [0, 0.05) is 5.39 Å². The molecule has 16 heavy (non-hydrogen) atoms. The molecular formula is C15H18O. The van der Waals surface area contributed by atoms with E-state index in [1.165, 1.54) is 35.8 Å². The molecule has 84 valence electrons. The number of hydrogen-bond acceptors (Lipinski definition) is 1. The highest BCUT2D eigenvalue weighted by atomic mass is 16.3. The van der Waals surface area contributed by atoms with E-state index in [2.05, 4.69) is 26.8 Å². The Morgan fingerprint density at radius 3 is 2.81 bits per heavy atom. The highest BCUT2D eigenvalue weighted by Crippen LogP contribution is 2.36. The van der Waals surface area contributed by atoms with Crippen LogP contribution in [0.3, 0.4) is 0 Å². The first-order chi connectivity index (χ1) is 7.66. The molecule has 1 aliphatic rings. The number of hydrogen-bond donors (Lipinski definition) is 0. The van der Waals surface area contributed by atoms with Gasteiger partial charge in [0.15, 0.2) is 0 Å². The fraction of sp³-hybridized carbons (Fsp3) is 0.467. The van der Waals surface area contributed by atoms with Crippen LogP contribution in [0.15, 0.2) is 16.7 Å². The SMILES string of the molecule is Cc1cc2occ(C)c2c2c1CC[C@@H](C)C2. The molecule has 0 bridgehead atoms. The maximum atomic E-state index is 5.63. The van der Waals surface area contributed by atoms with Gasteiger partial charge < -0.3 is 4.42 Å². The van der Waals surface area contributed by atoms with Crippen molar-refractivity contribution in [1.82, 2.24) is 0 Å². The highest BCUT2D eigenvalue weighted by molar-refractivity contribution is 5.86. The van der Waals surface area contributed by atoms with E-state index in [0.29, 0.717) is 0 Å². The average molecular weight is 214 g/mol. The summed E-state index contributed by atoms with van der Waals surface area (Å²) in [4.78, 5) is 0. The maximum absolute atomic E-state index is 5.63. The van der Waals surface area contributed by atoms with Crippen molar-refractivity contribution in [2.45, 2.75) is 40.0 Å². The van der Waals surface area contributed by atoms with Crippen molar-refractivity contribution in [3.63, 3.8) is 0 Å². The van der Waals surface area contributed by atoms with Crippen molar-refractivity contribution in [3.05, 3.63) is 34.6 Å². The molecule has 1 heteroatoms. The second-order valence-electron chi connectivity index (χ2n) is 5.29. The van der Waals surface area contributed by atoms with Gasteiger partial charge in [0.1, 0.15) is 5.58 Å². The van der Waals surface area contributed by atoms with E-state index in [0.717, 1.165) is 11.5 Å². The minimum Gasteiger partial charge on any atom is -0.464 e. The third-order valence-corrected chi connectivity index (χ3v) is 3.93. The van der Waals surface area contributed by atoms with Crippen LogP contribution < -0.4 is 0 Å². The molecular weight excluding hydrogens is 196 g/mol. The van der Waals surface area contributed by atoms with Gasteiger partial charge in [0.25, 0.3) is 0 Å². The summed E-state index contributed by atoms with van der Waals surface area (Å²) in [5.41, 5.74) is 6.90. The molecule has 1 nitrogen and oxygen atoms in total. The maximum Gasteiger partial charge on any atom is 0.134 e. The quantitative estimate of drug-likeness (QED) is 0.641. The summed E-state index contributed by atoms with van der Waals surface area (Å²) in [5, 5.41) is 1.38. The Morgan fingerprint density at radius 2 is 2.00 bits per heavy atom. The van der Waals surface area contributed by atoms with E-state index in [-0.39, 0.29) is 0 Å².